The molecule has 0 spiro atoms. The number of aromatic nitrogens is 3. The first-order valence-electron chi connectivity index (χ1n) is 10.4. The molecule has 0 bridgehead atoms. The van der Waals surface area contributed by atoms with Crippen molar-refractivity contribution in [3.05, 3.63) is 98.5 Å². The number of aliphatic imine (C=N–C) groups is 1. The molecule has 0 amide bonds. The van der Waals surface area contributed by atoms with Crippen LogP contribution < -0.4 is 0 Å². The van der Waals surface area contributed by atoms with Gasteiger partial charge in [0.15, 0.2) is 0 Å². The van der Waals surface area contributed by atoms with Crippen LogP contribution in [0.5, 0.6) is 0 Å². The summed E-state index contributed by atoms with van der Waals surface area (Å²) in [5.74, 6) is 0. The number of fused-ring (bicyclic) bond motifs is 1. The molecule has 7 heteroatoms. The monoisotopic (exact) mass is 480 g/mol. The van der Waals surface area contributed by atoms with Gasteiger partial charge in [-0.15, -0.1) is 11.3 Å². The summed E-state index contributed by atoms with van der Waals surface area (Å²) in [5.41, 5.74) is 5.49. The summed E-state index contributed by atoms with van der Waals surface area (Å²) in [6, 6.07) is 9.87. The van der Waals surface area contributed by atoms with Gasteiger partial charge >= 0.3 is 0 Å². The van der Waals surface area contributed by atoms with Crippen LogP contribution in [-0.4, -0.2) is 25.7 Å². The molecule has 0 N–H and O–H groups in total. The molecule has 1 aliphatic carbocycles. The zero-order valence-electron chi connectivity index (χ0n) is 18.0. The molecule has 3 aromatic rings. The average molecular weight is 481 g/mol. The number of aryl methyl sites for hydroxylation is 2. The number of nitrogens with zero attached hydrogens (tertiary/aromatic N) is 4. The Labute approximate surface area is 201 Å². The van der Waals surface area contributed by atoms with E-state index in [1.54, 1.807) is 11.3 Å². The summed E-state index contributed by atoms with van der Waals surface area (Å²) in [6.07, 6.45) is 8.89. The molecule has 4 nitrogen and oxygen atoms in total. The SMILES string of the molecule is Cc1nc(C(C)(C2=CCC3N=C(Cl)C(c4ccccc4)=C(Cl)C3=C2)c2cncn2C)cs1. The van der Waals surface area contributed by atoms with Gasteiger partial charge in [0.05, 0.1) is 39.2 Å². The van der Waals surface area contributed by atoms with E-state index >= 15 is 0 Å². The summed E-state index contributed by atoms with van der Waals surface area (Å²) in [6.45, 7) is 4.24. The molecular weight excluding hydrogens is 459 g/mol. The number of dihydropyridines is 1. The number of imidazole rings is 1. The van der Waals surface area contributed by atoms with E-state index in [1.165, 1.54) is 0 Å². The highest BCUT2D eigenvalue weighted by molar-refractivity contribution is 7.09. The normalized spacial score (nSPS) is 20.3. The average Bonchev–Trinajstić information content (AvgIpc) is 3.42. The number of halogens is 2. The first kappa shape index (κ1) is 21.4. The predicted octanol–water partition coefficient (Wildman–Crippen LogP) is 6.42. The van der Waals surface area contributed by atoms with Crippen molar-refractivity contribution >= 4 is 45.3 Å². The Morgan fingerprint density at radius 3 is 2.62 bits per heavy atom. The van der Waals surface area contributed by atoms with E-state index in [0.29, 0.717) is 10.2 Å². The fourth-order valence-electron chi connectivity index (χ4n) is 4.51. The highest BCUT2D eigenvalue weighted by atomic mass is 35.5. The lowest BCUT2D eigenvalue weighted by atomic mass is 9.72. The number of rotatable bonds is 4. The second kappa shape index (κ2) is 8.14. The Balaban J connectivity index is 1.67. The summed E-state index contributed by atoms with van der Waals surface area (Å²) in [5, 5.41) is 4.29. The van der Waals surface area contributed by atoms with Crippen molar-refractivity contribution in [2.75, 3.05) is 0 Å². The van der Waals surface area contributed by atoms with Crippen molar-refractivity contribution in [3.8, 4) is 0 Å². The molecule has 2 aromatic heterocycles. The molecule has 2 unspecified atom stereocenters. The number of benzene rings is 1. The van der Waals surface area contributed by atoms with Gasteiger partial charge in [-0.1, -0.05) is 65.7 Å². The zero-order chi connectivity index (χ0) is 22.5. The number of thiazole rings is 1. The maximum atomic E-state index is 7.00. The van der Waals surface area contributed by atoms with Crippen molar-refractivity contribution < 1.29 is 0 Å². The summed E-state index contributed by atoms with van der Waals surface area (Å²) in [7, 11) is 2.02. The van der Waals surface area contributed by atoms with Gasteiger partial charge < -0.3 is 4.57 Å². The first-order chi connectivity index (χ1) is 15.4. The number of hydrogen-bond donors (Lipinski definition) is 0. The molecule has 0 saturated carbocycles. The highest BCUT2D eigenvalue weighted by Crippen LogP contribution is 2.46. The lowest BCUT2D eigenvalue weighted by Gasteiger charge is -2.34. The minimum atomic E-state index is -0.469. The fourth-order valence-corrected chi connectivity index (χ4v) is 5.99. The van der Waals surface area contributed by atoms with E-state index in [1.807, 2.05) is 56.8 Å². The molecule has 1 aromatic carbocycles. The Morgan fingerprint density at radius 2 is 1.97 bits per heavy atom. The van der Waals surface area contributed by atoms with Crippen LogP contribution in [0.15, 0.2) is 81.6 Å². The summed E-state index contributed by atoms with van der Waals surface area (Å²) >= 11 is 15.2. The Bertz CT molecular complexity index is 1310. The molecule has 3 heterocycles. The van der Waals surface area contributed by atoms with E-state index in [9.17, 15) is 0 Å². The number of allylic oxidation sites excluding steroid dienone is 3. The Morgan fingerprint density at radius 1 is 1.19 bits per heavy atom. The van der Waals surface area contributed by atoms with Crippen LogP contribution in [0.3, 0.4) is 0 Å². The molecular formula is C25H22Cl2N4S. The second-order valence-corrected chi connectivity index (χ2v) is 10.1. The molecule has 2 atom stereocenters. The maximum Gasteiger partial charge on any atom is 0.133 e. The summed E-state index contributed by atoms with van der Waals surface area (Å²) < 4.78 is 2.06. The van der Waals surface area contributed by atoms with Crippen LogP contribution in [0.25, 0.3) is 5.57 Å². The minimum absolute atomic E-state index is 0.0841. The first-order valence-corrected chi connectivity index (χ1v) is 12.0. The smallest absolute Gasteiger partial charge is 0.133 e. The molecule has 5 rings (SSSR count). The zero-order valence-corrected chi connectivity index (χ0v) is 20.3. The third-order valence-corrected chi connectivity index (χ3v) is 7.75. The van der Waals surface area contributed by atoms with Crippen molar-refractivity contribution in [2.24, 2.45) is 12.0 Å². The largest absolute Gasteiger partial charge is 0.337 e. The van der Waals surface area contributed by atoms with E-state index in [-0.39, 0.29) is 6.04 Å². The lowest BCUT2D eigenvalue weighted by Crippen LogP contribution is -2.31. The highest BCUT2D eigenvalue weighted by Gasteiger charge is 2.40. The van der Waals surface area contributed by atoms with Gasteiger partial charge in [-0.2, -0.15) is 0 Å². The van der Waals surface area contributed by atoms with E-state index in [2.05, 4.69) is 34.0 Å². The molecule has 162 valence electrons. The van der Waals surface area contributed by atoms with Crippen molar-refractivity contribution in [1.82, 2.24) is 14.5 Å². The van der Waals surface area contributed by atoms with Gasteiger partial charge in [0.2, 0.25) is 0 Å². The van der Waals surface area contributed by atoms with Crippen molar-refractivity contribution in [3.63, 3.8) is 0 Å². The van der Waals surface area contributed by atoms with Crippen LogP contribution in [0, 0.1) is 6.92 Å². The van der Waals surface area contributed by atoms with Crippen molar-refractivity contribution in [2.45, 2.75) is 31.7 Å². The third kappa shape index (κ3) is 3.40. The molecule has 0 saturated heterocycles. The van der Waals surface area contributed by atoms with Gasteiger partial charge in [-0.25, -0.2) is 9.97 Å². The van der Waals surface area contributed by atoms with E-state index in [0.717, 1.165) is 45.1 Å². The molecule has 32 heavy (non-hydrogen) atoms. The Kier molecular flexibility index (Phi) is 5.44. The van der Waals surface area contributed by atoms with Gasteiger partial charge in [0, 0.05) is 24.2 Å². The van der Waals surface area contributed by atoms with Crippen LogP contribution in [-0.2, 0) is 12.5 Å². The van der Waals surface area contributed by atoms with Crippen LogP contribution in [0.4, 0.5) is 0 Å². The standard InChI is InChI=1S/C25H22Cl2N4S/c1-15-29-20(13-32-15)25(2,21-12-28-14-31(21)3)17-9-10-19-18(11-17)23(26)22(24(27)30-19)16-7-5-4-6-8-16/h4-9,11-14,19H,10H2,1-3H3. The quantitative estimate of drug-likeness (QED) is 0.432. The van der Waals surface area contributed by atoms with Gasteiger partial charge in [0.25, 0.3) is 0 Å². The van der Waals surface area contributed by atoms with Crippen LogP contribution in [0.1, 0.15) is 35.3 Å². The van der Waals surface area contributed by atoms with E-state index in [4.69, 9.17) is 33.2 Å². The minimum Gasteiger partial charge on any atom is -0.337 e. The van der Waals surface area contributed by atoms with Crippen molar-refractivity contribution in [1.29, 1.82) is 0 Å². The maximum absolute atomic E-state index is 7.00. The molecule has 1 aliphatic heterocycles. The molecule has 2 aliphatic rings. The van der Waals surface area contributed by atoms with Gasteiger partial charge in [-0.05, 0) is 37.0 Å². The number of hydrogen-bond acceptors (Lipinski definition) is 4. The van der Waals surface area contributed by atoms with Gasteiger partial charge in [-0.3, -0.25) is 4.99 Å². The third-order valence-electron chi connectivity index (χ3n) is 6.28. The van der Waals surface area contributed by atoms with Gasteiger partial charge in [0.1, 0.15) is 5.17 Å². The topological polar surface area (TPSA) is 43.1 Å². The second-order valence-electron chi connectivity index (χ2n) is 8.25. The predicted molar refractivity (Wildman–Crippen MR) is 134 cm³/mol. The molecule has 0 fully saturated rings. The van der Waals surface area contributed by atoms with E-state index < -0.39 is 5.41 Å². The van der Waals surface area contributed by atoms with Crippen LogP contribution >= 0.6 is 34.5 Å². The van der Waals surface area contributed by atoms with Crippen LogP contribution in [0.2, 0.25) is 0 Å². The lowest BCUT2D eigenvalue weighted by molar-refractivity contribution is 0.597. The summed E-state index contributed by atoms with van der Waals surface area (Å²) in [4.78, 5) is 14.0. The Hall–Kier alpha value is -2.47. The molecule has 0 radical (unpaired) electrons. The fraction of sp³-hybridized carbons (Fsp3) is 0.240.